The van der Waals surface area contributed by atoms with Crippen LogP contribution in [0.25, 0.3) is 11.0 Å². The molecule has 1 amide bonds. The van der Waals surface area contributed by atoms with E-state index in [-0.39, 0.29) is 31.0 Å². The summed E-state index contributed by atoms with van der Waals surface area (Å²) < 4.78 is 5.20. The van der Waals surface area contributed by atoms with Crippen LogP contribution in [0.4, 0.5) is 0 Å². The van der Waals surface area contributed by atoms with Crippen LogP contribution in [0.1, 0.15) is 25.5 Å². The zero-order chi connectivity index (χ0) is 17.1. The summed E-state index contributed by atoms with van der Waals surface area (Å²) in [7, 11) is 0. The largest absolute Gasteiger partial charge is 0.480 e. The fourth-order valence-electron chi connectivity index (χ4n) is 3.17. The Morgan fingerprint density at radius 2 is 2.12 bits per heavy atom. The number of amides is 1. The molecular weight excluding hydrogens is 310 g/mol. The van der Waals surface area contributed by atoms with Crippen LogP contribution in [0, 0.1) is 0 Å². The van der Waals surface area contributed by atoms with Crippen LogP contribution < -0.4 is 5.32 Å². The van der Waals surface area contributed by atoms with Crippen molar-refractivity contribution in [2.45, 2.75) is 38.3 Å². The third-order valence-corrected chi connectivity index (χ3v) is 4.52. The molecule has 0 spiro atoms. The molecule has 1 heterocycles. The van der Waals surface area contributed by atoms with Gasteiger partial charge in [0.15, 0.2) is 5.58 Å². The standard InChI is InChI=1S/C17H21N3O4/c1-2-20(10-17(22)23)12-7-11(8-12)18-16(21)9-14-13-5-3-4-6-15(13)24-19-14/h3-6,11-12H,2,7-10H2,1H3,(H,18,21)(H,22,23). The predicted octanol–water partition coefficient (Wildman–Crippen LogP) is 1.42. The number of fused-ring (bicyclic) bond motifs is 1. The topological polar surface area (TPSA) is 95.7 Å². The third kappa shape index (κ3) is 3.56. The second-order valence-electron chi connectivity index (χ2n) is 6.15. The van der Waals surface area contributed by atoms with E-state index in [1.165, 1.54) is 0 Å². The Labute approximate surface area is 139 Å². The van der Waals surface area contributed by atoms with Crippen molar-refractivity contribution in [3.63, 3.8) is 0 Å². The zero-order valence-electron chi connectivity index (χ0n) is 13.6. The Morgan fingerprint density at radius 1 is 1.38 bits per heavy atom. The highest BCUT2D eigenvalue weighted by Gasteiger charge is 2.34. The SMILES string of the molecule is CCN(CC(=O)O)C1CC(NC(=O)Cc2noc3ccccc23)C1. The monoisotopic (exact) mass is 331 g/mol. The number of carbonyl (C=O) groups is 2. The lowest BCUT2D eigenvalue weighted by Crippen LogP contribution is -2.55. The van der Waals surface area contributed by atoms with Gasteiger partial charge in [0.05, 0.1) is 13.0 Å². The molecule has 0 radical (unpaired) electrons. The normalized spacial score (nSPS) is 20.1. The van der Waals surface area contributed by atoms with E-state index in [1.54, 1.807) is 0 Å². The average molecular weight is 331 g/mol. The zero-order valence-corrected chi connectivity index (χ0v) is 13.6. The lowest BCUT2D eigenvalue weighted by atomic mass is 9.85. The summed E-state index contributed by atoms with van der Waals surface area (Å²) in [5.74, 6) is -0.902. The van der Waals surface area contributed by atoms with Gasteiger partial charge in [-0.25, -0.2) is 0 Å². The van der Waals surface area contributed by atoms with E-state index in [0.29, 0.717) is 17.8 Å². The van der Waals surface area contributed by atoms with E-state index in [0.717, 1.165) is 18.2 Å². The number of nitrogens with one attached hydrogen (secondary N) is 1. The highest BCUT2D eigenvalue weighted by molar-refractivity contribution is 5.86. The first kappa shape index (κ1) is 16.4. The Kier molecular flexibility index (Phi) is 4.80. The van der Waals surface area contributed by atoms with E-state index < -0.39 is 5.97 Å². The van der Waals surface area contributed by atoms with Gasteiger partial charge >= 0.3 is 5.97 Å². The highest BCUT2D eigenvalue weighted by atomic mass is 16.5. The van der Waals surface area contributed by atoms with Crippen molar-refractivity contribution in [1.82, 2.24) is 15.4 Å². The molecule has 0 unspecified atom stereocenters. The van der Waals surface area contributed by atoms with Gasteiger partial charge in [-0.05, 0) is 31.5 Å². The number of aromatic nitrogens is 1. The van der Waals surface area contributed by atoms with E-state index in [2.05, 4.69) is 10.5 Å². The van der Waals surface area contributed by atoms with Crippen molar-refractivity contribution in [2.24, 2.45) is 0 Å². The summed E-state index contributed by atoms with van der Waals surface area (Å²) in [4.78, 5) is 24.9. The minimum Gasteiger partial charge on any atom is -0.480 e. The summed E-state index contributed by atoms with van der Waals surface area (Å²) in [6, 6.07) is 7.79. The maximum atomic E-state index is 12.2. The number of carboxylic acid groups (broad SMARTS) is 1. The first-order valence-corrected chi connectivity index (χ1v) is 8.15. The summed E-state index contributed by atoms with van der Waals surface area (Å²) in [5.41, 5.74) is 1.32. The third-order valence-electron chi connectivity index (χ3n) is 4.52. The molecule has 0 saturated heterocycles. The van der Waals surface area contributed by atoms with Crippen LogP contribution in [0.2, 0.25) is 0 Å². The van der Waals surface area contributed by atoms with Crippen molar-refractivity contribution >= 4 is 22.8 Å². The molecule has 0 aliphatic heterocycles. The summed E-state index contributed by atoms with van der Waals surface area (Å²) in [6.07, 6.45) is 1.75. The molecule has 0 bridgehead atoms. The van der Waals surface area contributed by atoms with Gasteiger partial charge in [-0.1, -0.05) is 24.2 Å². The molecule has 1 fully saturated rings. The number of carboxylic acids is 1. The van der Waals surface area contributed by atoms with Gasteiger partial charge in [0.25, 0.3) is 0 Å². The molecule has 3 rings (SSSR count). The van der Waals surface area contributed by atoms with Gasteiger partial charge < -0.3 is 14.9 Å². The van der Waals surface area contributed by atoms with E-state index in [1.807, 2.05) is 36.1 Å². The molecule has 1 saturated carbocycles. The minimum absolute atomic E-state index is 0.0484. The minimum atomic E-state index is -0.817. The van der Waals surface area contributed by atoms with E-state index in [9.17, 15) is 9.59 Å². The first-order valence-electron chi connectivity index (χ1n) is 8.15. The second-order valence-corrected chi connectivity index (χ2v) is 6.15. The van der Waals surface area contributed by atoms with Gasteiger partial charge in [-0.3, -0.25) is 14.5 Å². The molecule has 1 aliphatic carbocycles. The molecule has 24 heavy (non-hydrogen) atoms. The summed E-state index contributed by atoms with van der Waals surface area (Å²) >= 11 is 0. The highest BCUT2D eigenvalue weighted by Crippen LogP contribution is 2.26. The number of carbonyl (C=O) groups excluding carboxylic acids is 1. The van der Waals surface area contributed by atoms with Crippen LogP contribution in [-0.2, 0) is 16.0 Å². The van der Waals surface area contributed by atoms with Crippen LogP contribution >= 0.6 is 0 Å². The molecule has 1 aliphatic rings. The summed E-state index contributed by atoms with van der Waals surface area (Å²) in [6.45, 7) is 2.69. The molecule has 7 heteroatoms. The Balaban J connectivity index is 1.49. The van der Waals surface area contributed by atoms with Gasteiger partial charge in [-0.15, -0.1) is 0 Å². The lowest BCUT2D eigenvalue weighted by molar-refractivity contribution is -0.139. The molecule has 1 aromatic heterocycles. The molecule has 7 nitrogen and oxygen atoms in total. The number of rotatable bonds is 7. The van der Waals surface area contributed by atoms with Crippen molar-refractivity contribution in [3.8, 4) is 0 Å². The number of hydrogen-bond donors (Lipinski definition) is 2. The van der Waals surface area contributed by atoms with Gasteiger partial charge in [0.1, 0.15) is 5.69 Å². The lowest BCUT2D eigenvalue weighted by Gasteiger charge is -2.42. The van der Waals surface area contributed by atoms with E-state index >= 15 is 0 Å². The Bertz CT molecular complexity index is 736. The molecule has 2 N–H and O–H groups in total. The number of nitrogens with zero attached hydrogens (tertiary/aromatic N) is 2. The fraction of sp³-hybridized carbons (Fsp3) is 0.471. The van der Waals surface area contributed by atoms with Crippen molar-refractivity contribution in [2.75, 3.05) is 13.1 Å². The molecule has 2 aromatic rings. The van der Waals surface area contributed by atoms with Crippen molar-refractivity contribution in [1.29, 1.82) is 0 Å². The number of benzene rings is 1. The first-order chi connectivity index (χ1) is 11.6. The van der Waals surface area contributed by atoms with E-state index in [4.69, 9.17) is 9.63 Å². The maximum Gasteiger partial charge on any atom is 0.317 e. The Morgan fingerprint density at radius 3 is 2.83 bits per heavy atom. The van der Waals surface area contributed by atoms with Crippen molar-refractivity contribution < 1.29 is 19.2 Å². The van der Waals surface area contributed by atoms with Crippen LogP contribution in [0.15, 0.2) is 28.8 Å². The van der Waals surface area contributed by atoms with Crippen LogP contribution in [0.5, 0.6) is 0 Å². The average Bonchev–Trinajstić information content (AvgIpc) is 2.91. The molecule has 0 atom stereocenters. The summed E-state index contributed by atoms with van der Waals surface area (Å²) in [5, 5.41) is 16.7. The Hall–Kier alpha value is -2.41. The smallest absolute Gasteiger partial charge is 0.317 e. The quantitative estimate of drug-likeness (QED) is 0.797. The van der Waals surface area contributed by atoms with Crippen molar-refractivity contribution in [3.05, 3.63) is 30.0 Å². The number of aliphatic carboxylic acids is 1. The predicted molar refractivity (Wildman–Crippen MR) is 87.5 cm³/mol. The van der Waals surface area contributed by atoms with Gasteiger partial charge in [0.2, 0.25) is 5.91 Å². The number of hydrogen-bond acceptors (Lipinski definition) is 5. The number of likely N-dealkylation sites (N-methyl/N-ethyl adjacent to an activating group) is 1. The number of para-hydroxylation sites is 1. The second kappa shape index (κ2) is 7.00. The van der Waals surface area contributed by atoms with Gasteiger partial charge in [-0.2, -0.15) is 0 Å². The molecular formula is C17H21N3O4. The molecule has 128 valence electrons. The van der Waals surface area contributed by atoms with Crippen LogP contribution in [0.3, 0.4) is 0 Å². The van der Waals surface area contributed by atoms with Crippen LogP contribution in [-0.4, -0.2) is 52.2 Å². The maximum absolute atomic E-state index is 12.2. The van der Waals surface area contributed by atoms with Gasteiger partial charge in [0, 0.05) is 17.5 Å². The molecule has 1 aromatic carbocycles. The fourth-order valence-corrected chi connectivity index (χ4v) is 3.17.